The van der Waals surface area contributed by atoms with E-state index in [2.05, 4.69) is 0 Å². The fraction of sp³-hybridized carbons (Fsp3) is 0.526. The van der Waals surface area contributed by atoms with Gasteiger partial charge in [-0.2, -0.15) is 0 Å². The maximum Gasteiger partial charge on any atom is 0.270 e. The average Bonchev–Trinajstić information content (AvgIpc) is 3.16. The van der Waals surface area contributed by atoms with Crippen molar-refractivity contribution in [2.45, 2.75) is 0 Å². The lowest BCUT2D eigenvalue weighted by Gasteiger charge is -2.23. The van der Waals surface area contributed by atoms with E-state index in [1.165, 1.54) is 0 Å². The fourth-order valence-corrected chi connectivity index (χ4v) is 4.22. The van der Waals surface area contributed by atoms with Crippen LogP contribution in [0.3, 0.4) is 0 Å². The molecular weight excluding hydrogens is 354 g/mol. The number of carbonyl (C=O) groups excluding carboxylic acids is 1. The molecule has 7 heteroatoms. The number of benzene rings is 1. The van der Waals surface area contributed by atoms with Crippen LogP contribution in [0.4, 0.5) is 0 Å². The van der Waals surface area contributed by atoms with Crippen molar-refractivity contribution in [3.63, 3.8) is 0 Å². The second-order valence-corrected chi connectivity index (χ2v) is 7.57. The van der Waals surface area contributed by atoms with Gasteiger partial charge in [0, 0.05) is 51.1 Å². The topological polar surface area (TPSA) is 68.9 Å². The predicted octanol–water partition coefficient (Wildman–Crippen LogP) is 1.44. The van der Waals surface area contributed by atoms with Crippen molar-refractivity contribution in [3.05, 3.63) is 35.0 Å². The van der Waals surface area contributed by atoms with E-state index in [9.17, 15) is 9.90 Å². The Kier molecular flexibility index (Phi) is 5.87. The molecule has 1 aromatic heterocycles. The van der Waals surface area contributed by atoms with Gasteiger partial charge >= 0.3 is 0 Å². The van der Waals surface area contributed by atoms with Gasteiger partial charge in [-0.1, -0.05) is 23.7 Å². The Labute approximate surface area is 158 Å². The number of carbonyl (C=O) groups is 1. The van der Waals surface area contributed by atoms with Crippen molar-refractivity contribution < 1.29 is 15.0 Å². The summed E-state index contributed by atoms with van der Waals surface area (Å²) in [5.41, 5.74) is 1.46. The first-order valence-corrected chi connectivity index (χ1v) is 9.27. The Morgan fingerprint density at radius 3 is 2.69 bits per heavy atom. The third-order valence-electron chi connectivity index (χ3n) is 5.35. The molecule has 1 fully saturated rings. The molecule has 2 heterocycles. The van der Waals surface area contributed by atoms with E-state index in [4.69, 9.17) is 16.7 Å². The van der Waals surface area contributed by atoms with Gasteiger partial charge in [-0.15, -0.1) is 0 Å². The molecule has 0 bridgehead atoms. The quantitative estimate of drug-likeness (QED) is 0.796. The smallest absolute Gasteiger partial charge is 0.270 e. The van der Waals surface area contributed by atoms with Gasteiger partial charge in [-0.05, 0) is 25.1 Å². The van der Waals surface area contributed by atoms with Crippen LogP contribution in [0.15, 0.2) is 24.3 Å². The van der Waals surface area contributed by atoms with Crippen LogP contribution < -0.4 is 0 Å². The number of fused-ring (bicyclic) bond motifs is 1. The standard InChI is InChI=1S/C19H26ClN3O3/c1-21(6-7-24)9-14-10-23(11-15(14)12-25)19(26)17-8-13-4-3-5-16(20)18(13)22(17)2/h3-5,8,14-15,24-25H,6-7,9-12H2,1-2H3. The number of aryl methyl sites for hydroxylation is 1. The van der Waals surface area contributed by atoms with Crippen LogP contribution in [-0.2, 0) is 7.05 Å². The highest BCUT2D eigenvalue weighted by molar-refractivity contribution is 6.35. The van der Waals surface area contributed by atoms with Crippen molar-refractivity contribution in [2.24, 2.45) is 18.9 Å². The molecule has 1 aromatic carbocycles. The third kappa shape index (κ3) is 3.60. The first-order valence-electron chi connectivity index (χ1n) is 8.89. The molecule has 6 nitrogen and oxygen atoms in total. The van der Waals surface area contributed by atoms with Crippen LogP contribution in [0.25, 0.3) is 10.9 Å². The van der Waals surface area contributed by atoms with Gasteiger partial charge in [0.2, 0.25) is 0 Å². The molecule has 2 atom stereocenters. The number of nitrogens with zero attached hydrogens (tertiary/aromatic N) is 3. The van der Waals surface area contributed by atoms with Gasteiger partial charge in [0.15, 0.2) is 0 Å². The Balaban J connectivity index is 1.80. The van der Waals surface area contributed by atoms with Crippen LogP contribution >= 0.6 is 11.6 Å². The molecule has 0 radical (unpaired) electrons. The zero-order valence-corrected chi connectivity index (χ0v) is 16.0. The summed E-state index contributed by atoms with van der Waals surface area (Å²) in [6.07, 6.45) is 0. The molecule has 3 rings (SSSR count). The molecule has 1 saturated heterocycles. The summed E-state index contributed by atoms with van der Waals surface area (Å²) in [6.45, 7) is 2.65. The van der Waals surface area contributed by atoms with Crippen molar-refractivity contribution in [1.82, 2.24) is 14.4 Å². The Bertz CT molecular complexity index is 792. The minimum Gasteiger partial charge on any atom is -0.396 e. The number of amides is 1. The number of hydrogen-bond donors (Lipinski definition) is 2. The summed E-state index contributed by atoms with van der Waals surface area (Å²) in [5.74, 6) is 0.211. The maximum atomic E-state index is 13.1. The molecule has 0 spiro atoms. The van der Waals surface area contributed by atoms with Crippen molar-refractivity contribution in [2.75, 3.05) is 46.4 Å². The van der Waals surface area contributed by atoms with E-state index in [1.807, 2.05) is 52.7 Å². The van der Waals surface area contributed by atoms with Crippen molar-refractivity contribution >= 4 is 28.4 Å². The summed E-state index contributed by atoms with van der Waals surface area (Å²) in [7, 11) is 3.80. The summed E-state index contributed by atoms with van der Waals surface area (Å²) < 4.78 is 1.85. The van der Waals surface area contributed by atoms with Gasteiger partial charge in [-0.3, -0.25) is 4.79 Å². The zero-order valence-electron chi connectivity index (χ0n) is 15.2. The molecule has 1 aliphatic rings. The Hall–Kier alpha value is -1.60. The summed E-state index contributed by atoms with van der Waals surface area (Å²) >= 11 is 6.29. The van der Waals surface area contributed by atoms with E-state index in [0.717, 1.165) is 17.4 Å². The molecule has 142 valence electrons. The van der Waals surface area contributed by atoms with E-state index in [0.29, 0.717) is 30.4 Å². The van der Waals surface area contributed by atoms with Gasteiger partial charge < -0.3 is 24.6 Å². The lowest BCUT2D eigenvalue weighted by Crippen LogP contribution is -2.33. The highest BCUT2D eigenvalue weighted by atomic mass is 35.5. The van der Waals surface area contributed by atoms with Crippen molar-refractivity contribution in [1.29, 1.82) is 0 Å². The number of para-hydroxylation sites is 1. The molecule has 1 aliphatic heterocycles. The molecule has 2 unspecified atom stereocenters. The number of likely N-dealkylation sites (tertiary alicyclic amines) is 1. The molecule has 0 aliphatic carbocycles. The number of aliphatic hydroxyl groups is 2. The van der Waals surface area contributed by atoms with E-state index >= 15 is 0 Å². The number of halogens is 1. The Morgan fingerprint density at radius 2 is 2.04 bits per heavy atom. The van der Waals surface area contributed by atoms with Crippen LogP contribution in [0.1, 0.15) is 10.5 Å². The van der Waals surface area contributed by atoms with E-state index in [1.54, 1.807) is 0 Å². The minimum atomic E-state index is -0.0365. The van der Waals surface area contributed by atoms with Gasteiger partial charge in [0.25, 0.3) is 5.91 Å². The lowest BCUT2D eigenvalue weighted by atomic mass is 9.96. The highest BCUT2D eigenvalue weighted by Crippen LogP contribution is 2.29. The predicted molar refractivity (Wildman–Crippen MR) is 102 cm³/mol. The normalized spacial score (nSPS) is 20.5. The number of hydrogen-bond acceptors (Lipinski definition) is 4. The molecule has 1 amide bonds. The van der Waals surface area contributed by atoms with Crippen LogP contribution in [0.2, 0.25) is 5.02 Å². The first kappa shape index (κ1) is 19.2. The summed E-state index contributed by atoms with van der Waals surface area (Å²) in [5, 5.41) is 20.4. The molecule has 0 saturated carbocycles. The maximum absolute atomic E-state index is 13.1. The number of rotatable bonds is 6. The highest BCUT2D eigenvalue weighted by Gasteiger charge is 2.36. The molecule has 2 aromatic rings. The Morgan fingerprint density at radius 1 is 1.31 bits per heavy atom. The molecular formula is C19H26ClN3O3. The van der Waals surface area contributed by atoms with Gasteiger partial charge in [0.1, 0.15) is 5.69 Å². The minimum absolute atomic E-state index is 0.0365. The van der Waals surface area contributed by atoms with E-state index < -0.39 is 0 Å². The number of aromatic nitrogens is 1. The van der Waals surface area contributed by atoms with E-state index in [-0.39, 0.29) is 31.0 Å². The second-order valence-electron chi connectivity index (χ2n) is 7.16. The molecule has 26 heavy (non-hydrogen) atoms. The number of likely N-dealkylation sites (N-methyl/N-ethyl adjacent to an activating group) is 1. The SMILES string of the molecule is CN(CCO)CC1CN(C(=O)c2cc3cccc(Cl)c3n2C)CC1CO. The lowest BCUT2D eigenvalue weighted by molar-refractivity contribution is 0.0770. The third-order valence-corrected chi connectivity index (χ3v) is 5.66. The molecule has 2 N–H and O–H groups in total. The summed E-state index contributed by atoms with van der Waals surface area (Å²) in [4.78, 5) is 17.0. The van der Waals surface area contributed by atoms with Crippen LogP contribution in [0.5, 0.6) is 0 Å². The number of aliphatic hydroxyl groups excluding tert-OH is 2. The summed E-state index contributed by atoms with van der Waals surface area (Å²) in [6, 6.07) is 7.53. The average molecular weight is 380 g/mol. The van der Waals surface area contributed by atoms with Gasteiger partial charge in [-0.25, -0.2) is 0 Å². The van der Waals surface area contributed by atoms with Gasteiger partial charge in [0.05, 0.1) is 17.1 Å². The largest absolute Gasteiger partial charge is 0.396 e. The first-order chi connectivity index (χ1) is 12.5. The second kappa shape index (κ2) is 7.96. The monoisotopic (exact) mass is 379 g/mol. The van der Waals surface area contributed by atoms with Crippen LogP contribution in [0, 0.1) is 11.8 Å². The van der Waals surface area contributed by atoms with Crippen LogP contribution in [-0.4, -0.2) is 76.9 Å². The van der Waals surface area contributed by atoms with Crippen molar-refractivity contribution in [3.8, 4) is 0 Å². The zero-order chi connectivity index (χ0) is 18.8. The fourth-order valence-electron chi connectivity index (χ4n) is 3.91.